The Labute approximate surface area is 143 Å². The second-order valence-electron chi connectivity index (χ2n) is 5.68. The van der Waals surface area contributed by atoms with Gasteiger partial charge in [-0.15, -0.1) is 6.42 Å². The molecule has 0 spiro atoms. The topological polar surface area (TPSA) is 44.4 Å². The fourth-order valence-electron chi connectivity index (χ4n) is 2.37. The van der Waals surface area contributed by atoms with Crippen LogP contribution in [-0.2, 0) is 11.3 Å². The van der Waals surface area contributed by atoms with Crippen molar-refractivity contribution in [3.8, 4) is 12.3 Å². The van der Waals surface area contributed by atoms with Crippen molar-refractivity contribution in [1.29, 1.82) is 0 Å². The van der Waals surface area contributed by atoms with Crippen molar-refractivity contribution < 1.29 is 4.79 Å². The third kappa shape index (κ3) is 5.06. The van der Waals surface area contributed by atoms with Crippen molar-refractivity contribution >= 4 is 17.3 Å². The summed E-state index contributed by atoms with van der Waals surface area (Å²) >= 11 is 0. The first kappa shape index (κ1) is 17.4. The molecule has 2 aromatic rings. The molecule has 0 saturated heterocycles. The first-order chi connectivity index (χ1) is 11.6. The monoisotopic (exact) mass is 321 g/mol. The van der Waals surface area contributed by atoms with Crippen LogP contribution in [0.1, 0.15) is 12.5 Å². The molecule has 0 bridgehead atoms. The van der Waals surface area contributed by atoms with Crippen molar-refractivity contribution in [2.75, 3.05) is 23.8 Å². The van der Waals surface area contributed by atoms with E-state index < -0.39 is 0 Å². The Balaban J connectivity index is 1.92. The molecule has 2 N–H and O–H groups in total. The third-order valence-electron chi connectivity index (χ3n) is 3.71. The second-order valence-corrected chi connectivity index (χ2v) is 5.68. The lowest BCUT2D eigenvalue weighted by atomic mass is 10.2. The van der Waals surface area contributed by atoms with Crippen molar-refractivity contribution in [3.63, 3.8) is 0 Å². The molecular formula is C20H23N3O. The molecular weight excluding hydrogens is 298 g/mol. The summed E-state index contributed by atoms with van der Waals surface area (Å²) in [4.78, 5) is 14.0. The van der Waals surface area contributed by atoms with Gasteiger partial charge in [0.25, 0.3) is 0 Å². The minimum Gasteiger partial charge on any atom is -0.374 e. The summed E-state index contributed by atoms with van der Waals surface area (Å²) in [7, 11) is 2.06. The number of benzene rings is 2. The van der Waals surface area contributed by atoms with E-state index in [2.05, 4.69) is 40.6 Å². The molecule has 0 aliphatic rings. The van der Waals surface area contributed by atoms with Gasteiger partial charge in [-0.05, 0) is 36.8 Å². The zero-order chi connectivity index (χ0) is 17.4. The van der Waals surface area contributed by atoms with E-state index in [1.165, 1.54) is 5.56 Å². The van der Waals surface area contributed by atoms with Crippen molar-refractivity contribution in [2.24, 2.45) is 0 Å². The lowest BCUT2D eigenvalue weighted by Gasteiger charge is -2.20. The zero-order valence-electron chi connectivity index (χ0n) is 14.1. The van der Waals surface area contributed by atoms with E-state index >= 15 is 0 Å². The van der Waals surface area contributed by atoms with E-state index in [1.54, 1.807) is 6.92 Å². The molecule has 0 radical (unpaired) electrons. The minimum absolute atomic E-state index is 0.113. The SMILES string of the molecule is C#CCNC(=O)C(C)Nc1ccc(N(C)Cc2ccccc2)cc1. The average Bonchev–Trinajstić information content (AvgIpc) is 2.61. The van der Waals surface area contributed by atoms with Crippen molar-refractivity contribution in [2.45, 2.75) is 19.5 Å². The second kappa shape index (κ2) is 8.64. The van der Waals surface area contributed by atoms with Gasteiger partial charge in [0.05, 0.1) is 6.54 Å². The Kier molecular flexibility index (Phi) is 6.27. The summed E-state index contributed by atoms with van der Waals surface area (Å²) < 4.78 is 0. The van der Waals surface area contributed by atoms with Gasteiger partial charge in [-0.2, -0.15) is 0 Å². The first-order valence-electron chi connectivity index (χ1n) is 7.93. The van der Waals surface area contributed by atoms with E-state index in [0.717, 1.165) is 17.9 Å². The van der Waals surface area contributed by atoms with Gasteiger partial charge in [-0.1, -0.05) is 36.3 Å². The smallest absolute Gasteiger partial charge is 0.242 e. The Hall–Kier alpha value is -2.93. The largest absolute Gasteiger partial charge is 0.374 e. The number of nitrogens with one attached hydrogen (secondary N) is 2. The van der Waals surface area contributed by atoms with Crippen LogP contribution >= 0.6 is 0 Å². The van der Waals surface area contributed by atoms with Gasteiger partial charge in [0, 0.05) is 25.0 Å². The molecule has 24 heavy (non-hydrogen) atoms. The van der Waals surface area contributed by atoms with Crippen LogP contribution in [-0.4, -0.2) is 25.5 Å². The maximum absolute atomic E-state index is 11.8. The molecule has 0 heterocycles. The number of hydrogen-bond donors (Lipinski definition) is 2. The Morgan fingerprint density at radius 1 is 1.17 bits per heavy atom. The zero-order valence-corrected chi connectivity index (χ0v) is 14.1. The summed E-state index contributed by atoms with van der Waals surface area (Å²) in [6.07, 6.45) is 5.14. The van der Waals surface area contributed by atoms with Gasteiger partial charge in [0.1, 0.15) is 6.04 Å². The van der Waals surface area contributed by atoms with Gasteiger partial charge in [0.2, 0.25) is 5.91 Å². The molecule has 0 fully saturated rings. The number of rotatable bonds is 7. The normalized spacial score (nSPS) is 11.2. The van der Waals surface area contributed by atoms with Crippen LogP contribution in [0.5, 0.6) is 0 Å². The first-order valence-corrected chi connectivity index (χ1v) is 7.93. The number of amides is 1. The van der Waals surface area contributed by atoms with Crippen LogP contribution in [0.15, 0.2) is 54.6 Å². The fourth-order valence-corrected chi connectivity index (χ4v) is 2.37. The predicted molar refractivity (Wildman–Crippen MR) is 99.9 cm³/mol. The Bertz CT molecular complexity index is 689. The molecule has 2 aromatic carbocycles. The van der Waals surface area contributed by atoms with Crippen LogP contribution in [0.2, 0.25) is 0 Å². The van der Waals surface area contributed by atoms with Crippen molar-refractivity contribution in [1.82, 2.24) is 5.32 Å². The van der Waals surface area contributed by atoms with Gasteiger partial charge in [-0.25, -0.2) is 0 Å². The highest BCUT2D eigenvalue weighted by Crippen LogP contribution is 2.19. The highest BCUT2D eigenvalue weighted by molar-refractivity contribution is 5.84. The summed E-state index contributed by atoms with van der Waals surface area (Å²) in [5.74, 6) is 2.28. The number of hydrogen-bond acceptors (Lipinski definition) is 3. The van der Waals surface area contributed by atoms with Crippen LogP contribution in [0.3, 0.4) is 0 Å². The van der Waals surface area contributed by atoms with Crippen LogP contribution in [0.4, 0.5) is 11.4 Å². The van der Waals surface area contributed by atoms with Gasteiger partial charge in [0.15, 0.2) is 0 Å². The highest BCUT2D eigenvalue weighted by Gasteiger charge is 2.11. The van der Waals surface area contributed by atoms with E-state index in [-0.39, 0.29) is 18.5 Å². The Morgan fingerprint density at radius 3 is 2.46 bits per heavy atom. The quantitative estimate of drug-likeness (QED) is 0.771. The molecule has 1 amide bonds. The Morgan fingerprint density at radius 2 is 1.83 bits per heavy atom. The number of terminal acetylenes is 1. The summed E-state index contributed by atoms with van der Waals surface area (Å²) in [6, 6.07) is 18.0. The average molecular weight is 321 g/mol. The molecule has 0 aromatic heterocycles. The van der Waals surface area contributed by atoms with E-state index in [0.29, 0.717) is 0 Å². The standard InChI is InChI=1S/C20H23N3O/c1-4-14-21-20(24)16(2)22-18-10-12-19(13-11-18)23(3)15-17-8-6-5-7-9-17/h1,5-13,16,22H,14-15H2,2-3H3,(H,21,24). The molecule has 4 heteroatoms. The molecule has 1 unspecified atom stereocenters. The molecule has 124 valence electrons. The summed E-state index contributed by atoms with van der Waals surface area (Å²) in [6.45, 7) is 2.90. The van der Waals surface area contributed by atoms with E-state index in [1.807, 2.05) is 42.5 Å². The van der Waals surface area contributed by atoms with Crippen LogP contribution in [0.25, 0.3) is 0 Å². The third-order valence-corrected chi connectivity index (χ3v) is 3.71. The number of nitrogens with zero attached hydrogens (tertiary/aromatic N) is 1. The highest BCUT2D eigenvalue weighted by atomic mass is 16.2. The van der Waals surface area contributed by atoms with Gasteiger partial charge >= 0.3 is 0 Å². The molecule has 0 aliphatic heterocycles. The lowest BCUT2D eigenvalue weighted by molar-refractivity contribution is -0.121. The maximum atomic E-state index is 11.8. The molecule has 2 rings (SSSR count). The van der Waals surface area contributed by atoms with Crippen LogP contribution < -0.4 is 15.5 Å². The molecule has 0 aliphatic carbocycles. The molecule has 1 atom stereocenters. The van der Waals surface area contributed by atoms with E-state index in [9.17, 15) is 4.79 Å². The number of anilines is 2. The minimum atomic E-state index is -0.341. The van der Waals surface area contributed by atoms with Gasteiger partial charge in [-0.3, -0.25) is 4.79 Å². The van der Waals surface area contributed by atoms with Crippen LogP contribution in [0, 0.1) is 12.3 Å². The summed E-state index contributed by atoms with van der Waals surface area (Å²) in [5, 5.41) is 5.83. The number of carbonyl (C=O) groups is 1. The predicted octanol–water partition coefficient (Wildman–Crippen LogP) is 2.87. The van der Waals surface area contributed by atoms with Gasteiger partial charge < -0.3 is 15.5 Å². The summed E-state index contributed by atoms with van der Waals surface area (Å²) in [5.41, 5.74) is 3.28. The molecule has 0 saturated carbocycles. The van der Waals surface area contributed by atoms with Crippen molar-refractivity contribution in [3.05, 3.63) is 60.2 Å². The maximum Gasteiger partial charge on any atom is 0.242 e. The fraction of sp³-hybridized carbons (Fsp3) is 0.250. The molecule has 4 nitrogen and oxygen atoms in total. The number of carbonyl (C=O) groups excluding carboxylic acids is 1. The lowest BCUT2D eigenvalue weighted by Crippen LogP contribution is -2.37. The van der Waals surface area contributed by atoms with E-state index in [4.69, 9.17) is 6.42 Å².